The van der Waals surface area contributed by atoms with Gasteiger partial charge in [0.25, 0.3) is 0 Å². The molecule has 1 aliphatic rings. The van der Waals surface area contributed by atoms with E-state index in [1.165, 1.54) is 27.2 Å². The zero-order valence-corrected chi connectivity index (χ0v) is 17.6. The summed E-state index contributed by atoms with van der Waals surface area (Å²) in [6.45, 7) is 3.84. The van der Waals surface area contributed by atoms with Gasteiger partial charge < -0.3 is 34.0 Å². The third kappa shape index (κ3) is 3.48. The minimum Gasteiger partial charge on any atom is -1.00 e. The Bertz CT molecular complexity index is 958. The number of aliphatic hydroxyl groups is 1. The van der Waals surface area contributed by atoms with E-state index in [9.17, 15) is 5.11 Å². The molecule has 3 nitrogen and oxygen atoms in total. The number of benzene rings is 2. The Labute approximate surface area is 175 Å². The first kappa shape index (κ1) is 19.2. The van der Waals surface area contributed by atoms with E-state index < -0.39 is 0 Å². The second-order valence-corrected chi connectivity index (χ2v) is 7.05. The smallest absolute Gasteiger partial charge is 0.212 e. The minimum atomic E-state index is 0. The number of thioether (sulfide) groups is 1. The molecule has 0 amide bonds. The second-order valence-electron chi connectivity index (χ2n) is 5.99. The van der Waals surface area contributed by atoms with E-state index in [0.29, 0.717) is 6.54 Å². The number of pyridine rings is 1. The molecule has 0 fully saturated rings. The average molecular weight is 476 g/mol. The Morgan fingerprint density at radius 1 is 1.04 bits per heavy atom. The number of nitrogens with zero attached hydrogens (tertiary/aromatic N) is 2. The number of rotatable bonds is 4. The lowest BCUT2D eigenvalue weighted by Crippen LogP contribution is -3.00. The van der Waals surface area contributed by atoms with Gasteiger partial charge in [0.1, 0.15) is 6.54 Å². The predicted octanol–water partition coefficient (Wildman–Crippen LogP) is 1.05. The molecule has 0 saturated carbocycles. The van der Waals surface area contributed by atoms with E-state index in [0.717, 1.165) is 11.6 Å². The van der Waals surface area contributed by atoms with Crippen LogP contribution in [0, 0.1) is 0 Å². The summed E-state index contributed by atoms with van der Waals surface area (Å²) in [6, 6.07) is 21.2. The second kappa shape index (κ2) is 8.41. The fraction of sp³-hybridized carbons (Fsp3) is 0.190. The molecular weight excluding hydrogens is 455 g/mol. The number of fused-ring (bicyclic) bond motifs is 2. The van der Waals surface area contributed by atoms with Gasteiger partial charge in [-0.1, -0.05) is 36.0 Å². The van der Waals surface area contributed by atoms with Gasteiger partial charge in [-0.25, -0.2) is 0 Å². The summed E-state index contributed by atoms with van der Waals surface area (Å²) in [4.78, 5) is 3.45. The fourth-order valence-corrected chi connectivity index (χ4v) is 4.51. The van der Waals surface area contributed by atoms with E-state index >= 15 is 0 Å². The van der Waals surface area contributed by atoms with Crippen LogP contribution in [0.15, 0.2) is 70.6 Å². The van der Waals surface area contributed by atoms with Crippen molar-refractivity contribution in [3.05, 3.63) is 71.4 Å². The van der Waals surface area contributed by atoms with Gasteiger partial charge in [0.15, 0.2) is 0 Å². The van der Waals surface area contributed by atoms with Crippen LogP contribution in [-0.4, -0.2) is 18.3 Å². The van der Waals surface area contributed by atoms with Gasteiger partial charge in [-0.05, 0) is 31.2 Å². The van der Waals surface area contributed by atoms with Crippen molar-refractivity contribution in [1.82, 2.24) is 0 Å². The molecule has 0 aliphatic carbocycles. The number of para-hydroxylation sites is 2. The number of hydrogen-bond donors (Lipinski definition) is 1. The molecule has 1 aromatic heterocycles. The highest BCUT2D eigenvalue weighted by molar-refractivity contribution is 8.03. The van der Waals surface area contributed by atoms with E-state index in [1.807, 2.05) is 0 Å². The molecule has 0 saturated heterocycles. The van der Waals surface area contributed by atoms with Crippen LogP contribution in [0.1, 0.15) is 12.6 Å². The summed E-state index contributed by atoms with van der Waals surface area (Å²) in [7, 11) is 0. The van der Waals surface area contributed by atoms with Gasteiger partial charge in [0.2, 0.25) is 11.2 Å². The topological polar surface area (TPSA) is 27.4 Å². The summed E-state index contributed by atoms with van der Waals surface area (Å²) in [5.74, 6) is 0. The quantitative estimate of drug-likeness (QED) is 0.451. The standard InChI is InChI=1S/C21H21N2OS.HI/c1-2-22-17(12-11-16-7-3-4-8-18(16)22)15-21-23(13-14-24)19-9-5-6-10-20(19)25-21;/h3-12,15,24H,2,13-14H2,1H3;1H/q+1;/p-1. The molecule has 26 heavy (non-hydrogen) atoms. The molecular formula is C21H21IN2OS. The fourth-order valence-electron chi connectivity index (χ4n) is 3.37. The van der Waals surface area contributed by atoms with Crippen molar-refractivity contribution in [1.29, 1.82) is 0 Å². The van der Waals surface area contributed by atoms with Crippen LogP contribution in [0.2, 0.25) is 0 Å². The Hall–Kier alpha value is -1.57. The Morgan fingerprint density at radius 3 is 2.62 bits per heavy atom. The lowest BCUT2D eigenvalue weighted by molar-refractivity contribution is -0.669. The van der Waals surface area contributed by atoms with Crippen molar-refractivity contribution in [2.75, 3.05) is 18.1 Å². The number of aliphatic hydroxyl groups excluding tert-OH is 1. The first-order chi connectivity index (χ1) is 12.3. The zero-order chi connectivity index (χ0) is 17.2. The number of hydrogen-bond acceptors (Lipinski definition) is 3. The van der Waals surface area contributed by atoms with Crippen LogP contribution in [0.4, 0.5) is 5.69 Å². The molecule has 0 unspecified atom stereocenters. The van der Waals surface area contributed by atoms with Gasteiger partial charge in [-0.15, -0.1) is 0 Å². The van der Waals surface area contributed by atoms with Gasteiger partial charge in [0, 0.05) is 35.0 Å². The third-order valence-corrected chi connectivity index (χ3v) is 5.63. The summed E-state index contributed by atoms with van der Waals surface area (Å²) in [5.41, 5.74) is 3.60. The van der Waals surface area contributed by atoms with Crippen LogP contribution in [-0.2, 0) is 6.54 Å². The van der Waals surface area contributed by atoms with Gasteiger partial charge in [0.05, 0.1) is 17.3 Å². The number of β-amino-alcohol motifs (C(OH)–C–C–N with tert-alkyl or cyclic N) is 1. The van der Waals surface area contributed by atoms with E-state index in [4.69, 9.17) is 0 Å². The monoisotopic (exact) mass is 476 g/mol. The highest BCUT2D eigenvalue weighted by Gasteiger charge is 2.25. The molecule has 5 heteroatoms. The summed E-state index contributed by atoms with van der Waals surface area (Å²) < 4.78 is 2.34. The highest BCUT2D eigenvalue weighted by atomic mass is 127. The summed E-state index contributed by atoms with van der Waals surface area (Å²) >= 11 is 1.77. The number of aromatic nitrogens is 1. The summed E-state index contributed by atoms with van der Waals surface area (Å²) in [6.07, 6.45) is 2.23. The lowest BCUT2D eigenvalue weighted by Gasteiger charge is -2.18. The van der Waals surface area contributed by atoms with Crippen LogP contribution < -0.4 is 33.4 Å². The number of anilines is 1. The molecule has 1 N–H and O–H groups in total. The largest absolute Gasteiger partial charge is 1.00 e. The van der Waals surface area contributed by atoms with Crippen molar-refractivity contribution >= 4 is 34.4 Å². The minimum absolute atomic E-state index is 0. The van der Waals surface area contributed by atoms with Crippen LogP contribution in [0.3, 0.4) is 0 Å². The maximum atomic E-state index is 9.49. The van der Waals surface area contributed by atoms with E-state index in [2.05, 4.69) is 83.1 Å². The molecule has 0 bridgehead atoms. The number of halogens is 1. The normalized spacial score (nSPS) is 14.5. The maximum absolute atomic E-state index is 9.49. The van der Waals surface area contributed by atoms with Crippen molar-refractivity contribution < 1.29 is 33.7 Å². The van der Waals surface area contributed by atoms with Crippen molar-refractivity contribution in [2.24, 2.45) is 0 Å². The highest BCUT2D eigenvalue weighted by Crippen LogP contribution is 2.46. The van der Waals surface area contributed by atoms with Crippen molar-refractivity contribution in [3.63, 3.8) is 0 Å². The molecule has 2 heterocycles. The lowest BCUT2D eigenvalue weighted by atomic mass is 10.2. The molecule has 134 valence electrons. The molecule has 2 aromatic carbocycles. The van der Waals surface area contributed by atoms with Gasteiger partial charge in [-0.2, -0.15) is 4.57 Å². The van der Waals surface area contributed by atoms with Crippen molar-refractivity contribution in [2.45, 2.75) is 18.4 Å². The zero-order valence-electron chi connectivity index (χ0n) is 14.6. The Morgan fingerprint density at radius 2 is 1.81 bits per heavy atom. The van der Waals surface area contributed by atoms with E-state index in [1.54, 1.807) is 11.8 Å². The van der Waals surface area contributed by atoms with Crippen molar-refractivity contribution in [3.8, 4) is 0 Å². The Kier molecular flexibility index (Phi) is 6.21. The van der Waals surface area contributed by atoms with Gasteiger partial charge >= 0.3 is 0 Å². The molecule has 3 aromatic rings. The SMILES string of the molecule is CC[n+]1c(/C=C2\Sc3ccccc3N2CCO)ccc2ccccc21.[I-]. The molecule has 1 aliphatic heterocycles. The molecule has 0 spiro atoms. The maximum Gasteiger partial charge on any atom is 0.212 e. The number of aryl methyl sites for hydroxylation is 1. The van der Waals surface area contributed by atoms with Crippen LogP contribution in [0.5, 0.6) is 0 Å². The first-order valence-corrected chi connectivity index (χ1v) is 9.42. The Balaban J connectivity index is 0.00000196. The van der Waals surface area contributed by atoms with Crippen LogP contribution in [0.25, 0.3) is 17.0 Å². The van der Waals surface area contributed by atoms with E-state index in [-0.39, 0.29) is 30.6 Å². The van der Waals surface area contributed by atoms with Gasteiger partial charge in [-0.3, -0.25) is 0 Å². The third-order valence-electron chi connectivity index (χ3n) is 4.52. The molecule has 0 radical (unpaired) electrons. The first-order valence-electron chi connectivity index (χ1n) is 8.60. The predicted molar refractivity (Wildman–Crippen MR) is 105 cm³/mol. The molecule has 0 atom stereocenters. The van der Waals surface area contributed by atoms with Crippen LogP contribution >= 0.6 is 11.8 Å². The average Bonchev–Trinajstić information content (AvgIpc) is 2.99. The summed E-state index contributed by atoms with van der Waals surface area (Å²) in [5, 5.41) is 11.9. The molecule has 4 rings (SSSR count).